The lowest BCUT2D eigenvalue weighted by Gasteiger charge is -2.33. The van der Waals surface area contributed by atoms with Crippen molar-refractivity contribution < 1.29 is 9.59 Å². The van der Waals surface area contributed by atoms with E-state index in [9.17, 15) is 9.59 Å². The molecule has 2 aliphatic rings. The smallest absolute Gasteiger partial charge is 0.251 e. The van der Waals surface area contributed by atoms with E-state index in [0.717, 1.165) is 49.8 Å². The van der Waals surface area contributed by atoms with Crippen LogP contribution in [-0.4, -0.2) is 73.0 Å². The van der Waals surface area contributed by atoms with Gasteiger partial charge < -0.3 is 20.4 Å². The summed E-state index contributed by atoms with van der Waals surface area (Å²) >= 11 is 6.11. The largest absolute Gasteiger partial charge is 0.350 e. The second-order valence-corrected chi connectivity index (χ2v) is 11.7. The summed E-state index contributed by atoms with van der Waals surface area (Å²) in [7, 11) is 0. The Balaban J connectivity index is 1.27. The number of carbonyl (C=O) groups excluding carboxylic acids is 2. The number of carbonyl (C=O) groups is 2. The summed E-state index contributed by atoms with van der Waals surface area (Å²) in [4.78, 5) is 31.5. The number of hydrogen-bond acceptors (Lipinski definition) is 4. The van der Waals surface area contributed by atoms with Gasteiger partial charge in [-0.25, -0.2) is 0 Å². The SMILES string of the molecule is CC[C@H](CN1CC[C@@H](CNC(=O)c2ccc3cc(Cl)ccc3c2)N[C@@H](CN2CCCCC2)C1=O)c1ccccc1. The highest BCUT2D eigenvalue weighted by Crippen LogP contribution is 2.23. The van der Waals surface area contributed by atoms with Crippen LogP contribution in [-0.2, 0) is 4.79 Å². The average Bonchev–Trinajstić information content (AvgIpc) is 3.13. The van der Waals surface area contributed by atoms with Crippen LogP contribution in [0.15, 0.2) is 66.7 Å². The fourth-order valence-corrected chi connectivity index (χ4v) is 6.27. The van der Waals surface area contributed by atoms with Crippen LogP contribution in [0.25, 0.3) is 10.8 Å². The summed E-state index contributed by atoms with van der Waals surface area (Å²) in [5.41, 5.74) is 1.91. The second kappa shape index (κ2) is 13.6. The van der Waals surface area contributed by atoms with Crippen molar-refractivity contribution in [1.82, 2.24) is 20.4 Å². The maximum atomic E-state index is 13.9. The van der Waals surface area contributed by atoms with E-state index in [0.29, 0.717) is 29.6 Å². The van der Waals surface area contributed by atoms with Crippen LogP contribution in [0.2, 0.25) is 5.02 Å². The quantitative estimate of drug-likeness (QED) is 0.365. The molecule has 0 aliphatic carbocycles. The minimum Gasteiger partial charge on any atom is -0.350 e. The molecule has 5 rings (SSSR count). The molecule has 0 bridgehead atoms. The molecule has 212 valence electrons. The van der Waals surface area contributed by atoms with Crippen molar-refractivity contribution >= 4 is 34.2 Å². The Morgan fingerprint density at radius 2 is 1.75 bits per heavy atom. The van der Waals surface area contributed by atoms with Gasteiger partial charge in [-0.05, 0) is 79.4 Å². The highest BCUT2D eigenvalue weighted by atomic mass is 35.5. The molecule has 40 heavy (non-hydrogen) atoms. The van der Waals surface area contributed by atoms with Crippen LogP contribution in [0, 0.1) is 0 Å². The fraction of sp³-hybridized carbons (Fsp3) is 0.455. The lowest BCUT2D eigenvalue weighted by Crippen LogP contribution is -2.54. The van der Waals surface area contributed by atoms with Crippen molar-refractivity contribution in [3.8, 4) is 0 Å². The molecule has 0 unspecified atom stereocenters. The molecule has 7 heteroatoms. The maximum Gasteiger partial charge on any atom is 0.251 e. The first-order chi connectivity index (χ1) is 19.5. The summed E-state index contributed by atoms with van der Waals surface area (Å²) in [5.74, 6) is 0.385. The molecule has 0 aromatic heterocycles. The molecule has 0 spiro atoms. The third-order valence-electron chi connectivity index (χ3n) is 8.46. The molecule has 0 saturated carbocycles. The molecule has 3 aromatic rings. The minimum absolute atomic E-state index is 0.0174. The molecule has 2 amide bonds. The van der Waals surface area contributed by atoms with Gasteiger partial charge >= 0.3 is 0 Å². The van der Waals surface area contributed by atoms with E-state index in [1.165, 1.54) is 24.8 Å². The molecule has 2 heterocycles. The highest BCUT2D eigenvalue weighted by Gasteiger charge is 2.33. The van der Waals surface area contributed by atoms with Crippen LogP contribution in [0.1, 0.15) is 60.9 Å². The Morgan fingerprint density at radius 1 is 1.00 bits per heavy atom. The number of benzene rings is 3. The van der Waals surface area contributed by atoms with Crippen LogP contribution in [0.3, 0.4) is 0 Å². The van der Waals surface area contributed by atoms with Crippen molar-refractivity contribution in [3.63, 3.8) is 0 Å². The number of piperidine rings is 1. The summed E-state index contributed by atoms with van der Waals surface area (Å²) in [6.45, 7) is 6.88. The Labute approximate surface area is 243 Å². The molecule has 3 aromatic carbocycles. The van der Waals surface area contributed by atoms with E-state index >= 15 is 0 Å². The van der Waals surface area contributed by atoms with Crippen LogP contribution < -0.4 is 10.6 Å². The van der Waals surface area contributed by atoms with Gasteiger partial charge in [0.1, 0.15) is 0 Å². The summed E-state index contributed by atoms with van der Waals surface area (Å²) in [6, 6.07) is 21.6. The molecule has 2 saturated heterocycles. The number of amides is 2. The Hall–Kier alpha value is -2.93. The highest BCUT2D eigenvalue weighted by molar-refractivity contribution is 6.31. The van der Waals surface area contributed by atoms with Gasteiger partial charge in [-0.2, -0.15) is 0 Å². The molecule has 2 N–H and O–H groups in total. The Bertz CT molecular complexity index is 1290. The standard InChI is InChI=1S/C33H41ClN4O2/c1-2-24(25-9-5-3-6-10-25)22-38-18-15-30(36-31(33(38)40)23-37-16-7-4-8-17-37)21-35-32(39)28-12-11-27-20-29(34)14-13-26(27)19-28/h3,5-6,9-14,19-20,24,30-31,36H,2,4,7-8,15-18,21-23H2,1H3,(H,35,39)/t24-,30+,31+/m1/s1. The van der Waals surface area contributed by atoms with Gasteiger partial charge in [0.15, 0.2) is 0 Å². The van der Waals surface area contributed by atoms with Crippen LogP contribution >= 0.6 is 11.6 Å². The molecule has 0 radical (unpaired) electrons. The fourth-order valence-electron chi connectivity index (χ4n) is 6.09. The lowest BCUT2D eigenvalue weighted by molar-refractivity contribution is -0.133. The van der Waals surface area contributed by atoms with Gasteiger partial charge in [-0.15, -0.1) is 0 Å². The third kappa shape index (κ3) is 7.22. The van der Waals surface area contributed by atoms with Crippen LogP contribution in [0.5, 0.6) is 0 Å². The van der Waals surface area contributed by atoms with E-state index in [1.807, 2.05) is 42.5 Å². The van der Waals surface area contributed by atoms with Gasteiger partial charge in [0.2, 0.25) is 5.91 Å². The number of likely N-dealkylation sites (tertiary alicyclic amines) is 1. The number of nitrogens with zero attached hydrogens (tertiary/aromatic N) is 2. The molecule has 2 fully saturated rings. The second-order valence-electron chi connectivity index (χ2n) is 11.3. The van der Waals surface area contributed by atoms with E-state index in [4.69, 9.17) is 11.6 Å². The van der Waals surface area contributed by atoms with Gasteiger partial charge in [0, 0.05) is 48.7 Å². The molecule has 6 nitrogen and oxygen atoms in total. The van der Waals surface area contributed by atoms with E-state index in [-0.39, 0.29) is 23.9 Å². The minimum atomic E-state index is -0.277. The number of rotatable bonds is 9. The van der Waals surface area contributed by atoms with E-state index in [1.54, 1.807) is 0 Å². The van der Waals surface area contributed by atoms with Gasteiger partial charge in [-0.3, -0.25) is 9.59 Å². The van der Waals surface area contributed by atoms with Crippen molar-refractivity contribution in [3.05, 3.63) is 82.9 Å². The Kier molecular flexibility index (Phi) is 9.74. The summed E-state index contributed by atoms with van der Waals surface area (Å²) in [6.07, 6.45) is 5.42. The molecule has 3 atom stereocenters. The van der Waals surface area contributed by atoms with Gasteiger partial charge in [0.05, 0.1) is 6.04 Å². The predicted octanol–water partition coefficient (Wildman–Crippen LogP) is 5.46. The number of halogens is 1. The van der Waals surface area contributed by atoms with Gasteiger partial charge in [0.25, 0.3) is 5.91 Å². The Morgan fingerprint density at radius 3 is 2.52 bits per heavy atom. The number of hydrogen-bond donors (Lipinski definition) is 2. The van der Waals surface area contributed by atoms with E-state index in [2.05, 4.69) is 51.6 Å². The average molecular weight is 561 g/mol. The van der Waals surface area contributed by atoms with Crippen molar-refractivity contribution in [2.24, 2.45) is 0 Å². The van der Waals surface area contributed by atoms with E-state index < -0.39 is 0 Å². The normalized spacial score (nSPS) is 21.2. The zero-order valence-electron chi connectivity index (χ0n) is 23.4. The zero-order valence-corrected chi connectivity index (χ0v) is 24.2. The topological polar surface area (TPSA) is 64.7 Å². The predicted molar refractivity (Wildman–Crippen MR) is 163 cm³/mol. The first-order valence-corrected chi connectivity index (χ1v) is 15.2. The van der Waals surface area contributed by atoms with Gasteiger partial charge in [-0.1, -0.05) is 67.4 Å². The number of fused-ring (bicyclic) bond motifs is 1. The van der Waals surface area contributed by atoms with Crippen LogP contribution in [0.4, 0.5) is 0 Å². The molecular formula is C33H41ClN4O2. The molecule has 2 aliphatic heterocycles. The monoisotopic (exact) mass is 560 g/mol. The third-order valence-corrected chi connectivity index (χ3v) is 8.70. The first-order valence-electron chi connectivity index (χ1n) is 14.8. The van der Waals surface area contributed by atoms with Crippen molar-refractivity contribution in [2.75, 3.05) is 39.3 Å². The maximum absolute atomic E-state index is 13.9. The molecular weight excluding hydrogens is 520 g/mol. The van der Waals surface area contributed by atoms with Crippen molar-refractivity contribution in [2.45, 2.75) is 57.0 Å². The first kappa shape index (κ1) is 28.6. The number of nitrogens with one attached hydrogen (secondary N) is 2. The van der Waals surface area contributed by atoms with Crippen molar-refractivity contribution in [1.29, 1.82) is 0 Å². The zero-order chi connectivity index (χ0) is 27.9. The summed E-state index contributed by atoms with van der Waals surface area (Å²) in [5, 5.41) is 9.46. The summed E-state index contributed by atoms with van der Waals surface area (Å²) < 4.78 is 0. The lowest BCUT2D eigenvalue weighted by atomic mass is 9.95.